The van der Waals surface area contributed by atoms with Gasteiger partial charge in [0, 0.05) is 12.3 Å². The third kappa shape index (κ3) is 5.34. The molecule has 5 nitrogen and oxygen atoms in total. The summed E-state index contributed by atoms with van der Waals surface area (Å²) in [5.41, 5.74) is 2.23. The second-order valence-electron chi connectivity index (χ2n) is 6.57. The normalized spacial score (nSPS) is 11.9. The van der Waals surface area contributed by atoms with Crippen LogP contribution in [0.4, 0.5) is 0 Å². The smallest absolute Gasteiger partial charge is 0.191 e. The maximum Gasteiger partial charge on any atom is 0.191 e. The molecule has 3 aromatic rings. The third-order valence-electron chi connectivity index (χ3n) is 4.31. The summed E-state index contributed by atoms with van der Waals surface area (Å²) in [5.74, 6) is 2.97. The predicted molar refractivity (Wildman–Crippen MR) is 118 cm³/mol. The van der Waals surface area contributed by atoms with Crippen LogP contribution in [0.25, 0.3) is 0 Å². The molecule has 0 bridgehead atoms. The van der Waals surface area contributed by atoms with E-state index in [1.807, 2.05) is 60.9 Å². The largest absolute Gasteiger partial charge is 0.497 e. The Morgan fingerprint density at radius 2 is 2.07 bits per heavy atom. The Hall–Kier alpha value is -2.44. The molecule has 0 N–H and O–H groups in total. The predicted octanol–water partition coefficient (Wildman–Crippen LogP) is 5.87. The van der Waals surface area contributed by atoms with Crippen LogP contribution in [0, 0.1) is 6.92 Å². The van der Waals surface area contributed by atoms with Gasteiger partial charge in [-0.2, -0.15) is 0 Å². The van der Waals surface area contributed by atoms with Crippen molar-refractivity contribution < 1.29 is 9.47 Å². The molecule has 3 rings (SSSR count). The number of aryl methyl sites for hydroxylation is 1. The summed E-state index contributed by atoms with van der Waals surface area (Å²) < 4.78 is 13.4. The van der Waals surface area contributed by atoms with E-state index in [4.69, 9.17) is 21.1 Å². The van der Waals surface area contributed by atoms with Gasteiger partial charge in [0.15, 0.2) is 17.1 Å². The van der Waals surface area contributed by atoms with Crippen molar-refractivity contribution >= 4 is 23.4 Å². The quantitative estimate of drug-likeness (QED) is 0.314. The third-order valence-corrected chi connectivity index (χ3v) is 5.66. The molecule has 7 heteroatoms. The second kappa shape index (κ2) is 9.85. The number of hydrogen-bond donors (Lipinski definition) is 0. The minimum atomic E-state index is -0.312. The monoisotopic (exact) mass is 429 g/mol. The molecule has 1 heterocycles. The molecule has 2 aromatic carbocycles. The lowest BCUT2D eigenvalue weighted by Crippen LogP contribution is -2.12. The van der Waals surface area contributed by atoms with E-state index >= 15 is 0 Å². The average Bonchev–Trinajstić information content (AvgIpc) is 3.12. The molecule has 0 aliphatic heterocycles. The van der Waals surface area contributed by atoms with E-state index in [1.165, 1.54) is 0 Å². The van der Waals surface area contributed by atoms with E-state index in [-0.39, 0.29) is 6.10 Å². The van der Waals surface area contributed by atoms with Crippen LogP contribution in [0.3, 0.4) is 0 Å². The molecule has 0 aliphatic rings. The first-order valence-corrected chi connectivity index (χ1v) is 10.6. The van der Waals surface area contributed by atoms with Gasteiger partial charge in [-0.3, -0.25) is 4.57 Å². The van der Waals surface area contributed by atoms with Gasteiger partial charge in [-0.05, 0) is 49.2 Å². The Kier molecular flexibility index (Phi) is 7.23. The van der Waals surface area contributed by atoms with Gasteiger partial charge in [0.2, 0.25) is 0 Å². The lowest BCUT2D eigenvalue weighted by Gasteiger charge is -2.17. The van der Waals surface area contributed by atoms with Crippen LogP contribution in [0.1, 0.15) is 30.0 Å². The molecule has 29 heavy (non-hydrogen) atoms. The topological polar surface area (TPSA) is 49.2 Å². The minimum absolute atomic E-state index is 0.312. The van der Waals surface area contributed by atoms with Crippen molar-refractivity contribution in [3.05, 3.63) is 77.1 Å². The maximum atomic E-state index is 6.28. The van der Waals surface area contributed by atoms with E-state index < -0.39 is 0 Å². The van der Waals surface area contributed by atoms with Crippen molar-refractivity contribution in [3.8, 4) is 11.5 Å². The zero-order valence-electron chi connectivity index (χ0n) is 16.8. The van der Waals surface area contributed by atoms with E-state index in [1.54, 1.807) is 18.9 Å². The number of ether oxygens (including phenoxy) is 2. The molecule has 1 unspecified atom stereocenters. The Morgan fingerprint density at radius 3 is 2.83 bits per heavy atom. The molecule has 0 aliphatic carbocycles. The van der Waals surface area contributed by atoms with Crippen molar-refractivity contribution in [2.45, 2.75) is 37.4 Å². The van der Waals surface area contributed by atoms with Crippen LogP contribution >= 0.6 is 23.4 Å². The number of allylic oxidation sites excluding steroid dienone is 1. The van der Waals surface area contributed by atoms with Crippen molar-refractivity contribution in [2.75, 3.05) is 7.11 Å². The Morgan fingerprint density at radius 1 is 1.24 bits per heavy atom. The number of halogens is 1. The molecule has 0 amide bonds. The van der Waals surface area contributed by atoms with E-state index in [0.29, 0.717) is 17.3 Å². The van der Waals surface area contributed by atoms with Gasteiger partial charge in [-0.15, -0.1) is 16.8 Å². The highest BCUT2D eigenvalue weighted by Gasteiger charge is 2.20. The van der Waals surface area contributed by atoms with Gasteiger partial charge in [-0.25, -0.2) is 0 Å². The van der Waals surface area contributed by atoms with E-state index in [2.05, 4.69) is 22.8 Å². The fraction of sp³-hybridized carbons (Fsp3) is 0.273. The summed E-state index contributed by atoms with van der Waals surface area (Å²) in [4.78, 5) is 0. The van der Waals surface area contributed by atoms with E-state index in [9.17, 15) is 0 Å². The summed E-state index contributed by atoms with van der Waals surface area (Å²) >= 11 is 7.89. The highest BCUT2D eigenvalue weighted by atomic mass is 35.5. The summed E-state index contributed by atoms with van der Waals surface area (Å²) in [6.07, 6.45) is 1.52. The highest BCUT2D eigenvalue weighted by molar-refractivity contribution is 7.98. The Labute approximate surface area is 180 Å². The van der Waals surface area contributed by atoms with Gasteiger partial charge in [-0.1, -0.05) is 47.6 Å². The first kappa shape index (κ1) is 21.3. The lowest BCUT2D eigenvalue weighted by molar-refractivity contribution is 0.210. The standard InChI is InChI=1S/C22H24ClN3O2S/c1-5-11-26-21(16(3)28-20-12-15(2)9-10-19(20)23)24-25-22(26)29-14-17-7-6-8-18(13-17)27-4/h5-10,12-13,16H,1,11,14H2,2-4H3. The molecule has 0 saturated carbocycles. The minimum Gasteiger partial charge on any atom is -0.497 e. The van der Waals surface area contributed by atoms with Gasteiger partial charge >= 0.3 is 0 Å². The summed E-state index contributed by atoms with van der Waals surface area (Å²) in [5, 5.41) is 10.1. The first-order chi connectivity index (χ1) is 14.0. The molecule has 0 fully saturated rings. The van der Waals surface area contributed by atoms with Crippen molar-refractivity contribution in [3.63, 3.8) is 0 Å². The molecule has 1 atom stereocenters. The van der Waals surface area contributed by atoms with Crippen molar-refractivity contribution in [1.82, 2.24) is 14.8 Å². The van der Waals surface area contributed by atoms with Gasteiger partial charge in [0.05, 0.1) is 12.1 Å². The molecule has 152 valence electrons. The van der Waals surface area contributed by atoms with Crippen LogP contribution in [0.5, 0.6) is 11.5 Å². The number of nitrogens with zero attached hydrogens (tertiary/aromatic N) is 3. The number of thioether (sulfide) groups is 1. The second-order valence-corrected chi connectivity index (χ2v) is 7.92. The van der Waals surface area contributed by atoms with Crippen LogP contribution in [0.15, 0.2) is 60.3 Å². The number of methoxy groups -OCH3 is 1. The van der Waals surface area contributed by atoms with Crippen LogP contribution in [-0.2, 0) is 12.3 Å². The number of hydrogen-bond acceptors (Lipinski definition) is 5. The molecule has 0 radical (unpaired) electrons. The average molecular weight is 430 g/mol. The summed E-state index contributed by atoms with van der Waals surface area (Å²) in [6.45, 7) is 8.40. The van der Waals surface area contributed by atoms with Crippen LogP contribution in [0.2, 0.25) is 5.02 Å². The number of aromatic nitrogens is 3. The first-order valence-electron chi connectivity index (χ1n) is 9.24. The van der Waals surface area contributed by atoms with Crippen LogP contribution in [-0.4, -0.2) is 21.9 Å². The van der Waals surface area contributed by atoms with Crippen molar-refractivity contribution in [1.29, 1.82) is 0 Å². The van der Waals surface area contributed by atoms with Gasteiger partial charge in [0.1, 0.15) is 11.5 Å². The maximum absolute atomic E-state index is 6.28. The molecular formula is C22H24ClN3O2S. The zero-order valence-corrected chi connectivity index (χ0v) is 18.3. The van der Waals surface area contributed by atoms with E-state index in [0.717, 1.165) is 33.6 Å². The van der Waals surface area contributed by atoms with Crippen LogP contribution < -0.4 is 9.47 Å². The fourth-order valence-corrected chi connectivity index (χ4v) is 3.92. The Balaban J connectivity index is 1.78. The molecular weight excluding hydrogens is 406 g/mol. The highest BCUT2D eigenvalue weighted by Crippen LogP contribution is 2.31. The fourth-order valence-electron chi connectivity index (χ4n) is 2.86. The molecule has 0 saturated heterocycles. The van der Waals surface area contributed by atoms with Crippen molar-refractivity contribution in [2.24, 2.45) is 0 Å². The summed E-state index contributed by atoms with van der Waals surface area (Å²) in [7, 11) is 1.67. The molecule has 1 aromatic heterocycles. The van der Waals surface area contributed by atoms with Gasteiger partial charge in [0.25, 0.3) is 0 Å². The Bertz CT molecular complexity index is 990. The number of benzene rings is 2. The SMILES string of the molecule is C=CCn1c(SCc2cccc(OC)c2)nnc1C(C)Oc1cc(C)ccc1Cl. The van der Waals surface area contributed by atoms with Gasteiger partial charge < -0.3 is 9.47 Å². The number of rotatable bonds is 9. The molecule has 0 spiro atoms. The zero-order chi connectivity index (χ0) is 20.8. The lowest BCUT2D eigenvalue weighted by atomic mass is 10.2. The summed E-state index contributed by atoms with van der Waals surface area (Å²) in [6, 6.07) is 13.7.